The number of benzene rings is 1. The fourth-order valence-electron chi connectivity index (χ4n) is 2.85. The van der Waals surface area contributed by atoms with E-state index in [2.05, 4.69) is 41.8 Å². The van der Waals surface area contributed by atoms with Crippen LogP contribution in [0.15, 0.2) is 48.9 Å². The molecule has 4 aromatic rings. The molecule has 0 unspecified atom stereocenters. The van der Waals surface area contributed by atoms with E-state index in [-0.39, 0.29) is 5.69 Å². The van der Waals surface area contributed by atoms with Crippen molar-refractivity contribution in [3.8, 4) is 22.6 Å². The number of hydrogen-bond donors (Lipinski definition) is 3. The lowest BCUT2D eigenvalue weighted by Crippen LogP contribution is -2.16. The summed E-state index contributed by atoms with van der Waals surface area (Å²) in [6, 6.07) is 8.03. The molecule has 0 aliphatic carbocycles. The number of halogens is 2. The Bertz CT molecular complexity index is 1230. The maximum atomic E-state index is 10.7. The van der Waals surface area contributed by atoms with Crippen molar-refractivity contribution in [2.45, 2.75) is 0 Å². The second-order valence-electron chi connectivity index (χ2n) is 6.46. The van der Waals surface area contributed by atoms with Gasteiger partial charge in [-0.15, -0.1) is 0 Å². The summed E-state index contributed by atoms with van der Waals surface area (Å²) in [5.74, 6) is 1.48. The van der Waals surface area contributed by atoms with Gasteiger partial charge in [0.05, 0.1) is 21.2 Å². The normalized spacial score (nSPS) is 10.7. The molecule has 0 spiro atoms. The smallest absolute Gasteiger partial charge is 0.297 e. The molecule has 3 heterocycles. The Labute approximate surface area is 192 Å². The number of pyridine rings is 1. The standard InChI is InChI=1S/C20H15Cl2N8O2/c21-12-1-3-14(16(22)9-12)18-15(19-24-6-7-25-19)11-28-20(29-18)26-8-5-23-17-4-2-13(10-27-17)30(31)32/h1-4,6-7,9,11H,5,8H2,(H,23,27)(H,24,25)(H,26,28,29). The lowest BCUT2D eigenvalue weighted by atomic mass is 10.1. The topological polar surface area (TPSA) is 135 Å². The van der Waals surface area contributed by atoms with Gasteiger partial charge in [0.25, 0.3) is 5.69 Å². The average molecular weight is 470 g/mol. The van der Waals surface area contributed by atoms with Crippen LogP contribution in [0.4, 0.5) is 17.5 Å². The molecule has 32 heavy (non-hydrogen) atoms. The van der Waals surface area contributed by atoms with Crippen LogP contribution in [0.25, 0.3) is 22.6 Å². The molecular weight excluding hydrogens is 455 g/mol. The van der Waals surface area contributed by atoms with Gasteiger partial charge in [0.2, 0.25) is 5.95 Å². The fraction of sp³-hybridized carbons (Fsp3) is 0.100. The molecule has 4 rings (SSSR count). The van der Waals surface area contributed by atoms with Crippen molar-refractivity contribution in [2.75, 3.05) is 23.7 Å². The second-order valence-corrected chi connectivity index (χ2v) is 7.30. The van der Waals surface area contributed by atoms with E-state index >= 15 is 0 Å². The SMILES string of the molecule is O=[N+]([O-])c1[c]nc(NCCNc2ncc(-c3ncc[nH]3)c(-c3ccc(Cl)cc3Cl)n2)cc1. The Morgan fingerprint density at radius 1 is 1.09 bits per heavy atom. The van der Waals surface area contributed by atoms with Gasteiger partial charge in [-0.3, -0.25) is 10.1 Å². The number of nitro groups is 1. The molecule has 1 radical (unpaired) electrons. The highest BCUT2D eigenvalue weighted by molar-refractivity contribution is 6.36. The van der Waals surface area contributed by atoms with Crippen molar-refractivity contribution < 1.29 is 4.92 Å². The summed E-state index contributed by atoms with van der Waals surface area (Å²) in [5, 5.41) is 17.8. The minimum atomic E-state index is -0.549. The molecule has 0 aliphatic heterocycles. The molecule has 0 amide bonds. The van der Waals surface area contributed by atoms with Crippen molar-refractivity contribution in [3.05, 3.63) is 75.3 Å². The fourth-order valence-corrected chi connectivity index (χ4v) is 3.35. The first-order chi connectivity index (χ1) is 15.5. The van der Waals surface area contributed by atoms with Crippen LogP contribution in [0.2, 0.25) is 10.0 Å². The van der Waals surface area contributed by atoms with Crippen LogP contribution < -0.4 is 10.6 Å². The van der Waals surface area contributed by atoms with Crippen LogP contribution >= 0.6 is 23.2 Å². The second kappa shape index (κ2) is 9.58. The number of nitrogens with one attached hydrogen (secondary N) is 3. The third-order valence-corrected chi connectivity index (χ3v) is 4.88. The molecule has 3 N–H and O–H groups in total. The van der Waals surface area contributed by atoms with Crippen molar-refractivity contribution in [1.29, 1.82) is 0 Å². The van der Waals surface area contributed by atoms with Crippen LogP contribution in [-0.4, -0.2) is 42.9 Å². The van der Waals surface area contributed by atoms with Gasteiger partial charge in [-0.2, -0.15) is 0 Å². The van der Waals surface area contributed by atoms with Gasteiger partial charge in [0, 0.05) is 48.3 Å². The maximum absolute atomic E-state index is 10.7. The van der Waals surface area contributed by atoms with Crippen LogP contribution in [0.3, 0.4) is 0 Å². The minimum Gasteiger partial charge on any atom is -0.368 e. The Morgan fingerprint density at radius 2 is 1.94 bits per heavy atom. The Kier molecular flexibility index (Phi) is 6.43. The molecular formula is C20H15Cl2N8O2. The zero-order valence-electron chi connectivity index (χ0n) is 16.3. The number of hydrogen-bond acceptors (Lipinski definition) is 8. The minimum absolute atomic E-state index is 0.188. The number of aromatic amines is 1. The van der Waals surface area contributed by atoms with E-state index in [0.717, 1.165) is 0 Å². The Morgan fingerprint density at radius 3 is 2.62 bits per heavy atom. The molecule has 0 aliphatic rings. The van der Waals surface area contributed by atoms with Gasteiger partial charge < -0.3 is 15.6 Å². The first kappa shape index (κ1) is 21.5. The summed E-state index contributed by atoms with van der Waals surface area (Å²) in [6.45, 7) is 0.936. The number of anilines is 2. The molecule has 0 fully saturated rings. The molecule has 0 bridgehead atoms. The highest BCUT2D eigenvalue weighted by Gasteiger charge is 2.16. The summed E-state index contributed by atoms with van der Waals surface area (Å²) in [6.07, 6.45) is 7.38. The van der Waals surface area contributed by atoms with Crippen LogP contribution in [-0.2, 0) is 0 Å². The number of rotatable bonds is 8. The zero-order valence-corrected chi connectivity index (χ0v) is 17.9. The van der Waals surface area contributed by atoms with Gasteiger partial charge in [-0.1, -0.05) is 23.2 Å². The average Bonchev–Trinajstić information content (AvgIpc) is 3.32. The molecule has 0 saturated heterocycles. The van der Waals surface area contributed by atoms with Crippen molar-refractivity contribution in [2.24, 2.45) is 0 Å². The molecule has 10 nitrogen and oxygen atoms in total. The third-order valence-electron chi connectivity index (χ3n) is 4.33. The van der Waals surface area contributed by atoms with Crippen LogP contribution in [0.5, 0.6) is 0 Å². The van der Waals surface area contributed by atoms with E-state index in [9.17, 15) is 10.1 Å². The van der Waals surface area contributed by atoms with Gasteiger partial charge in [0.1, 0.15) is 11.6 Å². The summed E-state index contributed by atoms with van der Waals surface area (Å²) < 4.78 is 0. The van der Waals surface area contributed by atoms with Crippen LogP contribution in [0, 0.1) is 16.3 Å². The van der Waals surface area contributed by atoms with Gasteiger partial charge in [-0.25, -0.2) is 19.9 Å². The monoisotopic (exact) mass is 469 g/mol. The number of imidazole rings is 1. The number of H-pyrrole nitrogens is 1. The van der Waals surface area contributed by atoms with Gasteiger partial charge >= 0.3 is 0 Å². The molecule has 3 aromatic heterocycles. The molecule has 0 atom stereocenters. The highest BCUT2D eigenvalue weighted by atomic mass is 35.5. The summed E-state index contributed by atoms with van der Waals surface area (Å²) >= 11 is 12.5. The molecule has 1 aromatic carbocycles. The molecule has 0 saturated carbocycles. The zero-order chi connectivity index (χ0) is 22.5. The van der Waals surface area contributed by atoms with E-state index < -0.39 is 4.92 Å². The van der Waals surface area contributed by atoms with Crippen LogP contribution in [0.1, 0.15) is 0 Å². The highest BCUT2D eigenvalue weighted by Crippen LogP contribution is 2.34. The van der Waals surface area contributed by atoms with Gasteiger partial charge in [0.15, 0.2) is 6.20 Å². The molecule has 12 heteroatoms. The Hall–Kier alpha value is -3.76. The van der Waals surface area contributed by atoms with Crippen molar-refractivity contribution in [3.63, 3.8) is 0 Å². The summed E-state index contributed by atoms with van der Waals surface area (Å²) in [7, 11) is 0. The van der Waals surface area contributed by atoms with E-state index in [1.54, 1.807) is 36.8 Å². The number of aromatic nitrogens is 5. The Balaban J connectivity index is 1.49. The largest absolute Gasteiger partial charge is 0.368 e. The summed E-state index contributed by atoms with van der Waals surface area (Å²) in [5.41, 5.74) is 1.79. The van der Waals surface area contributed by atoms with E-state index in [1.165, 1.54) is 12.1 Å². The van der Waals surface area contributed by atoms with Gasteiger partial charge in [-0.05, 0) is 24.3 Å². The lowest BCUT2D eigenvalue weighted by Gasteiger charge is -2.12. The first-order valence-electron chi connectivity index (χ1n) is 9.34. The van der Waals surface area contributed by atoms with Crippen molar-refractivity contribution in [1.82, 2.24) is 24.9 Å². The van der Waals surface area contributed by atoms with Crippen molar-refractivity contribution >= 4 is 40.7 Å². The quantitative estimate of drug-likeness (QED) is 0.195. The summed E-state index contributed by atoms with van der Waals surface area (Å²) in [4.78, 5) is 30.3. The van der Waals surface area contributed by atoms with E-state index in [1.807, 2.05) is 0 Å². The van der Waals surface area contributed by atoms with E-state index in [0.29, 0.717) is 57.5 Å². The lowest BCUT2D eigenvalue weighted by molar-refractivity contribution is -0.385. The third kappa shape index (κ3) is 4.93. The first-order valence-corrected chi connectivity index (χ1v) is 10.1. The predicted molar refractivity (Wildman–Crippen MR) is 122 cm³/mol. The molecule has 161 valence electrons. The number of nitrogens with zero attached hydrogens (tertiary/aromatic N) is 5. The maximum Gasteiger partial charge on any atom is 0.297 e. The predicted octanol–water partition coefficient (Wildman–Crippen LogP) is 4.47. The van der Waals surface area contributed by atoms with E-state index in [4.69, 9.17) is 23.2 Å².